The largest absolute Gasteiger partial charge is 0.398 e. The maximum atomic E-state index is 12.9. The van der Waals surface area contributed by atoms with Crippen LogP contribution in [-0.2, 0) is 19.1 Å². The molecular formula is C35H35ClN6O9S. The highest BCUT2D eigenvalue weighted by atomic mass is 35.5. The van der Waals surface area contributed by atoms with Crippen molar-refractivity contribution in [2.24, 2.45) is 0 Å². The second-order valence-electron chi connectivity index (χ2n) is 12.1. The summed E-state index contributed by atoms with van der Waals surface area (Å²) < 4.78 is 10.9. The van der Waals surface area contributed by atoms with Crippen LogP contribution in [0.5, 0.6) is 0 Å². The minimum Gasteiger partial charge on any atom is -0.398 e. The molecule has 0 aliphatic carbocycles. The van der Waals surface area contributed by atoms with Crippen LogP contribution in [0.2, 0.25) is 4.34 Å². The Balaban J connectivity index is 0.000000187. The number of imide groups is 2. The van der Waals surface area contributed by atoms with E-state index in [1.807, 2.05) is 0 Å². The topological polar surface area (TPSA) is 189 Å². The van der Waals surface area contributed by atoms with Crippen molar-refractivity contribution in [3.63, 3.8) is 0 Å². The first-order valence-corrected chi connectivity index (χ1v) is 17.8. The molecule has 272 valence electrons. The average molecular weight is 751 g/mol. The molecule has 2 saturated heterocycles. The van der Waals surface area contributed by atoms with Crippen LogP contribution in [0.25, 0.3) is 0 Å². The molecule has 5 heterocycles. The summed E-state index contributed by atoms with van der Waals surface area (Å²) in [6.45, 7) is 4.17. The number of nitrogen functional groups attached to an aromatic ring is 1. The molecule has 2 aromatic carbocycles. The number of fused-ring (bicyclic) bond motifs is 2. The monoisotopic (exact) mass is 750 g/mol. The van der Waals surface area contributed by atoms with Crippen molar-refractivity contribution < 1.29 is 43.0 Å². The van der Waals surface area contributed by atoms with E-state index in [-0.39, 0.29) is 71.7 Å². The zero-order valence-electron chi connectivity index (χ0n) is 27.9. The molecule has 0 spiro atoms. The van der Waals surface area contributed by atoms with Gasteiger partial charge in [-0.3, -0.25) is 43.4 Å². The maximum absolute atomic E-state index is 12.9. The van der Waals surface area contributed by atoms with Gasteiger partial charge in [0.15, 0.2) is 0 Å². The van der Waals surface area contributed by atoms with Crippen molar-refractivity contribution in [2.45, 2.75) is 12.8 Å². The van der Waals surface area contributed by atoms with Crippen molar-refractivity contribution >= 4 is 75.7 Å². The molecule has 1 aromatic heterocycles. The lowest BCUT2D eigenvalue weighted by molar-refractivity contribution is -0.136. The number of carbonyl (C=O) groups is 7. The van der Waals surface area contributed by atoms with Crippen LogP contribution >= 0.6 is 22.9 Å². The van der Waals surface area contributed by atoms with Crippen LogP contribution in [0.4, 0.5) is 11.4 Å². The minimum atomic E-state index is -0.523. The third kappa shape index (κ3) is 7.69. The lowest BCUT2D eigenvalue weighted by Crippen LogP contribution is -2.42. The van der Waals surface area contributed by atoms with Gasteiger partial charge in [-0.05, 0) is 36.4 Å². The second-order valence-corrected chi connectivity index (χ2v) is 13.8. The van der Waals surface area contributed by atoms with Gasteiger partial charge in [0.05, 0.1) is 63.6 Å². The summed E-state index contributed by atoms with van der Waals surface area (Å²) in [6.07, 6.45) is 0.159. The second kappa shape index (κ2) is 16.0. The smallest absolute Gasteiger partial charge is 0.265 e. The number of anilines is 2. The van der Waals surface area contributed by atoms with Gasteiger partial charge in [0.1, 0.15) is 0 Å². The summed E-state index contributed by atoms with van der Waals surface area (Å²) in [4.78, 5) is 93.0. The molecule has 3 N–H and O–H groups in total. The Morgan fingerprint density at radius 3 is 1.69 bits per heavy atom. The van der Waals surface area contributed by atoms with E-state index in [2.05, 4.69) is 5.32 Å². The molecule has 0 bridgehead atoms. The Morgan fingerprint density at radius 1 is 0.692 bits per heavy atom. The predicted octanol–water partition coefficient (Wildman–Crippen LogP) is 2.61. The summed E-state index contributed by atoms with van der Waals surface area (Å²) in [5, 5.41) is 2.68. The summed E-state index contributed by atoms with van der Waals surface area (Å²) in [5.41, 5.74) is 7.21. The number of ether oxygens (including phenoxy) is 2. The third-order valence-corrected chi connectivity index (χ3v) is 10.1. The number of amides is 7. The third-order valence-electron chi connectivity index (χ3n) is 8.90. The fourth-order valence-corrected chi connectivity index (χ4v) is 7.12. The number of hydrogen-bond acceptors (Lipinski definition) is 11. The number of nitrogens with two attached hydrogens (primary N) is 1. The van der Waals surface area contributed by atoms with Gasteiger partial charge in [0.2, 0.25) is 11.8 Å². The number of nitrogens with zero attached hydrogens (tertiary/aromatic N) is 4. The van der Waals surface area contributed by atoms with Gasteiger partial charge in [-0.2, -0.15) is 0 Å². The van der Waals surface area contributed by atoms with Gasteiger partial charge in [-0.15, -0.1) is 11.3 Å². The van der Waals surface area contributed by atoms with E-state index in [1.165, 1.54) is 6.07 Å². The molecule has 0 atom stereocenters. The Morgan fingerprint density at radius 2 is 1.19 bits per heavy atom. The predicted molar refractivity (Wildman–Crippen MR) is 189 cm³/mol. The summed E-state index contributed by atoms with van der Waals surface area (Å²) in [6, 6.07) is 12.7. The number of morpholine rings is 2. The van der Waals surface area contributed by atoms with Gasteiger partial charge in [0.25, 0.3) is 29.5 Å². The van der Waals surface area contributed by atoms with Crippen LogP contribution in [0, 0.1) is 0 Å². The Kier molecular flexibility index (Phi) is 11.3. The van der Waals surface area contributed by atoms with E-state index >= 15 is 0 Å². The van der Waals surface area contributed by atoms with E-state index in [0.717, 1.165) is 21.1 Å². The van der Waals surface area contributed by atoms with E-state index in [0.29, 0.717) is 67.4 Å². The number of thiophene rings is 1. The van der Waals surface area contributed by atoms with E-state index in [4.69, 9.17) is 26.8 Å². The zero-order chi connectivity index (χ0) is 36.9. The first-order valence-electron chi connectivity index (χ1n) is 16.6. The van der Waals surface area contributed by atoms with Crippen molar-refractivity contribution in [1.82, 2.24) is 19.6 Å². The summed E-state index contributed by atoms with van der Waals surface area (Å²) >= 11 is 6.99. The highest BCUT2D eigenvalue weighted by molar-refractivity contribution is 7.18. The highest BCUT2D eigenvalue weighted by Gasteiger charge is 2.39. The molecule has 17 heteroatoms. The van der Waals surface area contributed by atoms with E-state index in [1.54, 1.807) is 52.3 Å². The lowest BCUT2D eigenvalue weighted by atomic mass is 10.1. The maximum Gasteiger partial charge on any atom is 0.265 e. The van der Waals surface area contributed by atoms with Gasteiger partial charge in [0, 0.05) is 57.8 Å². The number of hydrogen-bond donors (Lipinski definition) is 2. The standard InChI is InChI=1S/C20H18ClN3O5S.C15H17N3O4/c21-15-5-4-14(30-15)18(26)22-13-3-1-2-12-17(13)20(28)24(19(12)27)7-6-16(25)23-8-10-29-11-9-23;16-11-3-1-2-10-13(11)15(21)18(14(10)20)5-4-12(19)17-6-8-22-9-7-17/h1-5H,6-11H2,(H,22,26);1-3H,4-9,16H2. The van der Waals surface area contributed by atoms with Crippen LogP contribution in [0.3, 0.4) is 0 Å². The van der Waals surface area contributed by atoms with E-state index < -0.39 is 23.6 Å². The van der Waals surface area contributed by atoms with Gasteiger partial charge in [-0.1, -0.05) is 23.7 Å². The Bertz CT molecular complexity index is 1940. The Hall–Kier alpha value is -5.16. The SMILES string of the molecule is Nc1cccc2c1C(=O)N(CCC(=O)N1CCOCC1)C2=O.O=C(Nc1cccc2c1C(=O)N(CCC(=O)N1CCOCC1)C2=O)c1ccc(Cl)s1. The molecule has 0 saturated carbocycles. The summed E-state index contributed by atoms with van der Waals surface area (Å²) in [7, 11) is 0. The molecule has 3 aromatic rings. The lowest BCUT2D eigenvalue weighted by Gasteiger charge is -2.27. The van der Waals surface area contributed by atoms with Crippen molar-refractivity contribution in [2.75, 3.05) is 76.7 Å². The molecule has 0 unspecified atom stereocenters. The molecule has 4 aliphatic rings. The van der Waals surface area contributed by atoms with Gasteiger partial charge >= 0.3 is 0 Å². The molecule has 7 amide bonds. The van der Waals surface area contributed by atoms with Crippen LogP contribution in [-0.4, -0.2) is 127 Å². The molecule has 52 heavy (non-hydrogen) atoms. The first-order chi connectivity index (χ1) is 25.0. The fraction of sp³-hybridized carbons (Fsp3) is 0.343. The van der Waals surface area contributed by atoms with Crippen LogP contribution in [0.1, 0.15) is 63.9 Å². The quantitative estimate of drug-likeness (QED) is 0.256. The number of halogens is 1. The van der Waals surface area contributed by atoms with Crippen LogP contribution in [0.15, 0.2) is 48.5 Å². The molecule has 2 fully saturated rings. The van der Waals surface area contributed by atoms with Crippen molar-refractivity contribution in [1.29, 1.82) is 0 Å². The molecule has 7 rings (SSSR count). The summed E-state index contributed by atoms with van der Waals surface area (Å²) in [5.74, 6) is -2.42. The molecule has 0 radical (unpaired) electrons. The molecular weight excluding hydrogens is 716 g/mol. The Labute approximate surface area is 307 Å². The highest BCUT2D eigenvalue weighted by Crippen LogP contribution is 2.31. The average Bonchev–Trinajstić information content (AvgIpc) is 3.79. The van der Waals surface area contributed by atoms with Crippen molar-refractivity contribution in [3.8, 4) is 0 Å². The minimum absolute atomic E-state index is 0.0174. The molecule has 15 nitrogen and oxygen atoms in total. The first kappa shape index (κ1) is 36.6. The van der Waals surface area contributed by atoms with Crippen molar-refractivity contribution in [3.05, 3.63) is 80.0 Å². The number of rotatable bonds is 8. The van der Waals surface area contributed by atoms with Gasteiger partial charge in [-0.25, -0.2) is 0 Å². The fourth-order valence-electron chi connectivity index (χ4n) is 6.18. The van der Waals surface area contributed by atoms with Crippen LogP contribution < -0.4 is 11.1 Å². The number of benzene rings is 2. The zero-order valence-corrected chi connectivity index (χ0v) is 29.5. The molecule has 4 aliphatic heterocycles. The number of carbonyl (C=O) groups excluding carboxylic acids is 7. The number of nitrogens with one attached hydrogen (secondary N) is 1. The van der Waals surface area contributed by atoms with E-state index in [9.17, 15) is 33.6 Å². The van der Waals surface area contributed by atoms with Gasteiger partial charge < -0.3 is 30.3 Å². The normalized spacial score (nSPS) is 16.8.